The van der Waals surface area contributed by atoms with E-state index in [9.17, 15) is 9.90 Å². The molecule has 2 nitrogen and oxygen atoms in total. The first-order valence-corrected chi connectivity index (χ1v) is 7.30. The molecule has 0 aromatic heterocycles. The fourth-order valence-electron chi connectivity index (χ4n) is 4.12. The third kappa shape index (κ3) is 3.02. The predicted molar refractivity (Wildman–Crippen MR) is 68.8 cm³/mol. The van der Waals surface area contributed by atoms with Crippen molar-refractivity contribution in [3.8, 4) is 0 Å². The summed E-state index contributed by atoms with van der Waals surface area (Å²) in [4.78, 5) is 11.4. The highest BCUT2D eigenvalue weighted by Crippen LogP contribution is 2.44. The van der Waals surface area contributed by atoms with Crippen molar-refractivity contribution in [1.82, 2.24) is 0 Å². The molecule has 2 heteroatoms. The van der Waals surface area contributed by atoms with E-state index in [1.165, 1.54) is 25.7 Å². The maximum atomic E-state index is 11.4. The Kier molecular flexibility index (Phi) is 4.11. The van der Waals surface area contributed by atoms with E-state index >= 15 is 0 Å². The second-order valence-corrected chi connectivity index (χ2v) is 6.56. The number of aliphatic carboxylic acids is 1. The largest absolute Gasteiger partial charge is 0.481 e. The first-order chi connectivity index (χ1) is 8.08. The Morgan fingerprint density at radius 2 is 1.71 bits per heavy atom. The highest BCUT2D eigenvalue weighted by molar-refractivity contribution is 5.70. The fraction of sp³-hybridized carbons (Fsp3) is 0.933. The summed E-state index contributed by atoms with van der Waals surface area (Å²) in [6.07, 6.45) is 8.35. The molecule has 1 N–H and O–H groups in total. The zero-order valence-corrected chi connectivity index (χ0v) is 11.2. The van der Waals surface area contributed by atoms with Crippen LogP contribution in [0.1, 0.15) is 58.8 Å². The SMILES string of the molecule is CC1CCCC(C2CC(C)CCC2C(=O)O)C1. The van der Waals surface area contributed by atoms with E-state index in [1.54, 1.807) is 0 Å². The lowest BCUT2D eigenvalue weighted by Gasteiger charge is -2.40. The van der Waals surface area contributed by atoms with Crippen LogP contribution in [0.5, 0.6) is 0 Å². The van der Waals surface area contributed by atoms with Crippen molar-refractivity contribution in [2.75, 3.05) is 0 Å². The number of carbonyl (C=O) groups is 1. The van der Waals surface area contributed by atoms with Crippen LogP contribution in [0, 0.1) is 29.6 Å². The van der Waals surface area contributed by atoms with Gasteiger partial charge in [0.1, 0.15) is 0 Å². The molecule has 0 heterocycles. The summed E-state index contributed by atoms with van der Waals surface area (Å²) in [6.45, 7) is 4.62. The molecule has 2 saturated carbocycles. The molecule has 0 saturated heterocycles. The topological polar surface area (TPSA) is 37.3 Å². The number of carboxylic acids is 1. The van der Waals surface area contributed by atoms with Crippen LogP contribution < -0.4 is 0 Å². The molecule has 0 aliphatic heterocycles. The van der Waals surface area contributed by atoms with Crippen molar-refractivity contribution in [2.24, 2.45) is 29.6 Å². The van der Waals surface area contributed by atoms with Crippen LogP contribution in [0.2, 0.25) is 0 Å². The summed E-state index contributed by atoms with van der Waals surface area (Å²) in [7, 11) is 0. The van der Waals surface area contributed by atoms with E-state index in [0.717, 1.165) is 31.1 Å². The monoisotopic (exact) mass is 238 g/mol. The van der Waals surface area contributed by atoms with E-state index in [-0.39, 0.29) is 5.92 Å². The second-order valence-electron chi connectivity index (χ2n) is 6.56. The van der Waals surface area contributed by atoms with Crippen molar-refractivity contribution in [2.45, 2.75) is 58.8 Å². The maximum Gasteiger partial charge on any atom is 0.306 e. The molecule has 17 heavy (non-hydrogen) atoms. The zero-order chi connectivity index (χ0) is 12.4. The Bertz CT molecular complexity index is 274. The predicted octanol–water partition coefficient (Wildman–Crippen LogP) is 3.95. The molecule has 5 unspecified atom stereocenters. The van der Waals surface area contributed by atoms with Gasteiger partial charge in [-0.15, -0.1) is 0 Å². The number of hydrogen-bond acceptors (Lipinski definition) is 1. The third-order valence-electron chi connectivity index (χ3n) is 5.06. The van der Waals surface area contributed by atoms with Gasteiger partial charge in [0, 0.05) is 0 Å². The lowest BCUT2D eigenvalue weighted by molar-refractivity contribution is -0.147. The van der Waals surface area contributed by atoms with Gasteiger partial charge >= 0.3 is 5.97 Å². The van der Waals surface area contributed by atoms with Crippen LogP contribution in [0.4, 0.5) is 0 Å². The highest BCUT2D eigenvalue weighted by atomic mass is 16.4. The van der Waals surface area contributed by atoms with Crippen molar-refractivity contribution >= 4 is 5.97 Å². The standard InChI is InChI=1S/C15H26O2/c1-10-4-3-5-12(8-10)14-9-11(2)6-7-13(14)15(16)17/h10-14H,3-9H2,1-2H3,(H,16,17). The summed E-state index contributed by atoms with van der Waals surface area (Å²) in [6, 6.07) is 0. The molecule has 2 rings (SSSR count). The summed E-state index contributed by atoms with van der Waals surface area (Å²) in [5.41, 5.74) is 0. The number of hydrogen-bond donors (Lipinski definition) is 1. The Hall–Kier alpha value is -0.530. The molecule has 0 aromatic carbocycles. The maximum absolute atomic E-state index is 11.4. The minimum absolute atomic E-state index is 0.0542. The minimum Gasteiger partial charge on any atom is -0.481 e. The molecule has 0 spiro atoms. The van der Waals surface area contributed by atoms with Crippen molar-refractivity contribution in [3.05, 3.63) is 0 Å². The van der Waals surface area contributed by atoms with Crippen LogP contribution in [-0.4, -0.2) is 11.1 Å². The number of carboxylic acid groups (broad SMARTS) is 1. The third-order valence-corrected chi connectivity index (χ3v) is 5.06. The normalized spacial score (nSPS) is 43.3. The van der Waals surface area contributed by atoms with Gasteiger partial charge in [0.15, 0.2) is 0 Å². The minimum atomic E-state index is -0.542. The molecule has 0 aromatic rings. The van der Waals surface area contributed by atoms with Crippen molar-refractivity contribution in [1.29, 1.82) is 0 Å². The molecule has 98 valence electrons. The first-order valence-electron chi connectivity index (χ1n) is 7.30. The van der Waals surface area contributed by atoms with Gasteiger partial charge in [-0.1, -0.05) is 33.1 Å². The van der Waals surface area contributed by atoms with Gasteiger partial charge in [0.25, 0.3) is 0 Å². The average Bonchev–Trinajstić information content (AvgIpc) is 2.28. The molecule has 0 bridgehead atoms. The lowest BCUT2D eigenvalue weighted by Crippen LogP contribution is -2.36. The average molecular weight is 238 g/mol. The van der Waals surface area contributed by atoms with E-state index in [4.69, 9.17) is 0 Å². The lowest BCUT2D eigenvalue weighted by atomic mass is 9.64. The van der Waals surface area contributed by atoms with E-state index < -0.39 is 5.97 Å². The van der Waals surface area contributed by atoms with Gasteiger partial charge in [-0.25, -0.2) is 0 Å². The molecule has 2 aliphatic rings. The molecule has 2 aliphatic carbocycles. The molecule has 2 fully saturated rings. The van der Waals surface area contributed by atoms with Gasteiger partial charge in [-0.2, -0.15) is 0 Å². The molecular weight excluding hydrogens is 212 g/mol. The Morgan fingerprint density at radius 3 is 2.35 bits per heavy atom. The van der Waals surface area contributed by atoms with Crippen LogP contribution in [0.25, 0.3) is 0 Å². The number of rotatable bonds is 2. The quantitative estimate of drug-likeness (QED) is 0.791. The fourth-order valence-corrected chi connectivity index (χ4v) is 4.12. The molecule has 0 radical (unpaired) electrons. The van der Waals surface area contributed by atoms with Crippen LogP contribution in [0.15, 0.2) is 0 Å². The van der Waals surface area contributed by atoms with Crippen LogP contribution >= 0.6 is 0 Å². The van der Waals surface area contributed by atoms with E-state index in [1.807, 2.05) is 0 Å². The summed E-state index contributed by atoms with van der Waals surface area (Å²) in [5, 5.41) is 9.39. The first kappa shape index (κ1) is 12.9. The van der Waals surface area contributed by atoms with Crippen molar-refractivity contribution < 1.29 is 9.90 Å². The van der Waals surface area contributed by atoms with Gasteiger partial charge < -0.3 is 5.11 Å². The van der Waals surface area contributed by atoms with Gasteiger partial charge in [-0.3, -0.25) is 4.79 Å². The smallest absolute Gasteiger partial charge is 0.306 e. The summed E-state index contributed by atoms with van der Waals surface area (Å²) >= 11 is 0. The Morgan fingerprint density at radius 1 is 1.00 bits per heavy atom. The van der Waals surface area contributed by atoms with Crippen molar-refractivity contribution in [3.63, 3.8) is 0 Å². The van der Waals surface area contributed by atoms with Gasteiger partial charge in [0.05, 0.1) is 5.92 Å². The zero-order valence-electron chi connectivity index (χ0n) is 11.2. The second kappa shape index (κ2) is 5.41. The van der Waals surface area contributed by atoms with Crippen LogP contribution in [0.3, 0.4) is 0 Å². The summed E-state index contributed by atoms with van der Waals surface area (Å²) < 4.78 is 0. The molecule has 5 atom stereocenters. The van der Waals surface area contributed by atoms with E-state index in [2.05, 4.69) is 13.8 Å². The summed E-state index contributed by atoms with van der Waals surface area (Å²) in [5.74, 6) is 2.08. The highest BCUT2D eigenvalue weighted by Gasteiger charge is 2.39. The Labute approximate surface area is 105 Å². The van der Waals surface area contributed by atoms with Gasteiger partial charge in [0.2, 0.25) is 0 Å². The molecule has 0 amide bonds. The van der Waals surface area contributed by atoms with Gasteiger partial charge in [-0.05, 0) is 49.4 Å². The molecular formula is C15H26O2. The van der Waals surface area contributed by atoms with Crippen LogP contribution in [-0.2, 0) is 4.79 Å². The Balaban J connectivity index is 2.05. The van der Waals surface area contributed by atoms with E-state index in [0.29, 0.717) is 11.8 Å².